The average molecular weight is 490 g/mol. The molecule has 3 aromatic rings. The van der Waals surface area contributed by atoms with Gasteiger partial charge in [-0.3, -0.25) is 4.79 Å². The number of rotatable bonds is 9. The number of hydrogen-bond acceptors (Lipinski definition) is 6. The predicted molar refractivity (Wildman–Crippen MR) is 118 cm³/mol. The number of hydrogen-bond donors (Lipinski definition) is 2. The van der Waals surface area contributed by atoms with Gasteiger partial charge in [-0.25, -0.2) is 8.42 Å². The quantitative estimate of drug-likeness (QED) is 0.445. The molecule has 34 heavy (non-hydrogen) atoms. The van der Waals surface area contributed by atoms with Crippen LogP contribution in [0, 0.1) is 0 Å². The van der Waals surface area contributed by atoms with Gasteiger partial charge in [0.05, 0.1) is 12.0 Å². The molecule has 0 aliphatic carbocycles. The summed E-state index contributed by atoms with van der Waals surface area (Å²) in [6, 6.07) is 15.6. The van der Waals surface area contributed by atoms with E-state index in [9.17, 15) is 22.0 Å². The molecule has 1 amide bonds. The molecule has 0 unspecified atom stereocenters. The summed E-state index contributed by atoms with van der Waals surface area (Å²) in [5, 5.41) is 2.72. The topological polar surface area (TPSA) is 103 Å². The molecule has 1 aliphatic heterocycles. The summed E-state index contributed by atoms with van der Waals surface area (Å²) in [5.74, 6) is -0.605. The lowest BCUT2D eigenvalue weighted by Crippen LogP contribution is -2.28. The molecule has 0 aromatic heterocycles. The van der Waals surface area contributed by atoms with Crippen LogP contribution in [-0.2, 0) is 16.6 Å². The van der Waals surface area contributed by atoms with Gasteiger partial charge >= 0.3 is 6.61 Å². The summed E-state index contributed by atoms with van der Waals surface area (Å²) >= 11 is 0. The maximum atomic E-state index is 12.9. The third-order valence-corrected chi connectivity index (χ3v) is 6.51. The molecule has 4 rings (SSSR count). The first-order valence-electron chi connectivity index (χ1n) is 10.0. The number of ether oxygens (including phenoxy) is 3. The number of halogens is 2. The van der Waals surface area contributed by atoms with Crippen molar-refractivity contribution in [2.75, 3.05) is 13.8 Å². The van der Waals surface area contributed by atoms with Crippen molar-refractivity contribution < 1.29 is 36.2 Å². The SMILES string of the molecule is COc1c(OC(F)F)ccc(-c2ccc3c(c2)CNC3=O)c1OCNS(=O)(=O)c1ccccc1. The third-order valence-electron chi connectivity index (χ3n) is 5.12. The number of benzene rings is 3. The van der Waals surface area contributed by atoms with E-state index in [0.717, 1.165) is 5.56 Å². The van der Waals surface area contributed by atoms with Gasteiger partial charge in [-0.05, 0) is 47.5 Å². The highest BCUT2D eigenvalue weighted by Crippen LogP contribution is 2.45. The minimum absolute atomic E-state index is 0.00588. The molecule has 0 saturated carbocycles. The molecule has 1 heterocycles. The zero-order chi connectivity index (χ0) is 24.3. The number of nitrogens with one attached hydrogen (secondary N) is 2. The summed E-state index contributed by atoms with van der Waals surface area (Å²) in [7, 11) is -2.63. The normalized spacial score (nSPS) is 12.9. The molecule has 8 nitrogen and oxygen atoms in total. The standard InChI is InChI=1S/C23H20F2N2O6S/c1-31-21-19(33-23(24)25)10-9-17(14-7-8-18-15(11-14)12-26-22(18)28)20(21)32-13-27-34(29,30)16-5-3-2-4-6-16/h2-11,23,27H,12-13H2,1H3,(H,26,28). The Kier molecular flexibility index (Phi) is 6.66. The zero-order valence-electron chi connectivity index (χ0n) is 17.9. The summed E-state index contributed by atoms with van der Waals surface area (Å²) in [6.45, 7) is -3.27. The van der Waals surface area contributed by atoms with Gasteiger partial charge in [-0.2, -0.15) is 13.5 Å². The molecule has 2 N–H and O–H groups in total. The van der Waals surface area contributed by atoms with E-state index in [4.69, 9.17) is 9.47 Å². The summed E-state index contributed by atoms with van der Waals surface area (Å²) in [6.07, 6.45) is 0. The summed E-state index contributed by atoms with van der Waals surface area (Å²) in [4.78, 5) is 11.9. The van der Waals surface area contributed by atoms with Gasteiger partial charge in [0.15, 0.2) is 18.2 Å². The van der Waals surface area contributed by atoms with Crippen LogP contribution < -0.4 is 24.2 Å². The second-order valence-corrected chi connectivity index (χ2v) is 8.92. The van der Waals surface area contributed by atoms with Gasteiger partial charge < -0.3 is 19.5 Å². The average Bonchev–Trinajstić information content (AvgIpc) is 3.19. The van der Waals surface area contributed by atoms with Crippen LogP contribution in [0.2, 0.25) is 0 Å². The predicted octanol–water partition coefficient (Wildman–Crippen LogP) is 3.52. The molecular weight excluding hydrogens is 470 g/mol. The fraction of sp³-hybridized carbons (Fsp3) is 0.174. The monoisotopic (exact) mass is 490 g/mol. The van der Waals surface area contributed by atoms with E-state index in [2.05, 4.69) is 14.8 Å². The molecule has 3 aromatic carbocycles. The van der Waals surface area contributed by atoms with E-state index >= 15 is 0 Å². The molecule has 1 aliphatic rings. The minimum Gasteiger partial charge on any atom is -0.490 e. The Labute approximate surface area is 194 Å². The van der Waals surface area contributed by atoms with Crippen molar-refractivity contribution >= 4 is 15.9 Å². The van der Waals surface area contributed by atoms with Gasteiger partial charge in [-0.1, -0.05) is 24.3 Å². The Balaban J connectivity index is 1.69. The Morgan fingerprint density at radius 2 is 1.76 bits per heavy atom. The first-order valence-corrected chi connectivity index (χ1v) is 11.5. The number of carbonyl (C=O) groups is 1. The smallest absolute Gasteiger partial charge is 0.387 e. The van der Waals surface area contributed by atoms with Crippen molar-refractivity contribution in [3.05, 3.63) is 71.8 Å². The Bertz CT molecular complexity index is 1320. The molecule has 0 saturated heterocycles. The van der Waals surface area contributed by atoms with Crippen LogP contribution in [0.15, 0.2) is 65.6 Å². The molecule has 11 heteroatoms. The Morgan fingerprint density at radius 3 is 2.47 bits per heavy atom. The lowest BCUT2D eigenvalue weighted by molar-refractivity contribution is -0.0513. The van der Waals surface area contributed by atoms with E-state index in [1.165, 1.54) is 31.4 Å². The number of carbonyl (C=O) groups excluding carboxylic acids is 1. The van der Waals surface area contributed by atoms with Crippen molar-refractivity contribution in [3.8, 4) is 28.4 Å². The maximum Gasteiger partial charge on any atom is 0.387 e. The van der Waals surface area contributed by atoms with E-state index in [-0.39, 0.29) is 28.1 Å². The van der Waals surface area contributed by atoms with Gasteiger partial charge in [0.1, 0.15) is 0 Å². The van der Waals surface area contributed by atoms with Gasteiger partial charge in [-0.15, -0.1) is 0 Å². The molecule has 0 radical (unpaired) electrons. The van der Waals surface area contributed by atoms with E-state index < -0.39 is 23.4 Å². The van der Waals surface area contributed by atoms with Crippen LogP contribution >= 0.6 is 0 Å². The molecule has 0 spiro atoms. The molecule has 0 atom stereocenters. The molecule has 178 valence electrons. The zero-order valence-corrected chi connectivity index (χ0v) is 18.7. The molecule has 0 fully saturated rings. The van der Waals surface area contributed by atoms with Crippen molar-refractivity contribution in [1.82, 2.24) is 10.0 Å². The van der Waals surface area contributed by atoms with Crippen LogP contribution in [0.25, 0.3) is 11.1 Å². The van der Waals surface area contributed by atoms with Crippen molar-refractivity contribution in [3.63, 3.8) is 0 Å². The number of alkyl halides is 2. The van der Waals surface area contributed by atoms with Crippen molar-refractivity contribution in [1.29, 1.82) is 0 Å². The minimum atomic E-state index is -3.88. The number of fused-ring (bicyclic) bond motifs is 1. The highest BCUT2D eigenvalue weighted by atomic mass is 32.2. The van der Waals surface area contributed by atoms with Crippen LogP contribution in [0.1, 0.15) is 15.9 Å². The second kappa shape index (κ2) is 9.65. The van der Waals surface area contributed by atoms with Crippen LogP contribution in [0.3, 0.4) is 0 Å². The lowest BCUT2D eigenvalue weighted by Gasteiger charge is -2.19. The van der Waals surface area contributed by atoms with Gasteiger partial charge in [0.25, 0.3) is 5.91 Å². The fourth-order valence-electron chi connectivity index (χ4n) is 3.56. The molecular formula is C23H20F2N2O6S. The first kappa shape index (κ1) is 23.5. The van der Waals surface area contributed by atoms with Crippen LogP contribution in [-0.4, -0.2) is 34.8 Å². The largest absolute Gasteiger partial charge is 0.490 e. The second-order valence-electron chi connectivity index (χ2n) is 7.16. The van der Waals surface area contributed by atoms with Gasteiger partial charge in [0.2, 0.25) is 15.8 Å². The Morgan fingerprint density at radius 1 is 1.03 bits per heavy atom. The highest BCUT2D eigenvalue weighted by molar-refractivity contribution is 7.89. The van der Waals surface area contributed by atoms with Crippen molar-refractivity contribution in [2.45, 2.75) is 18.1 Å². The lowest BCUT2D eigenvalue weighted by atomic mass is 9.99. The highest BCUT2D eigenvalue weighted by Gasteiger charge is 2.24. The number of sulfonamides is 1. The Hall–Kier alpha value is -3.70. The first-order chi connectivity index (χ1) is 16.3. The molecule has 0 bridgehead atoms. The van der Waals surface area contributed by atoms with E-state index in [1.54, 1.807) is 36.4 Å². The maximum absolute atomic E-state index is 12.9. The van der Waals surface area contributed by atoms with E-state index in [0.29, 0.717) is 23.2 Å². The van der Waals surface area contributed by atoms with Crippen LogP contribution in [0.4, 0.5) is 8.78 Å². The van der Waals surface area contributed by atoms with E-state index in [1.807, 2.05) is 0 Å². The van der Waals surface area contributed by atoms with Gasteiger partial charge in [0, 0.05) is 17.7 Å². The fourth-order valence-corrected chi connectivity index (χ4v) is 4.46. The third kappa shape index (κ3) is 4.80. The summed E-state index contributed by atoms with van der Waals surface area (Å²) < 4.78 is 68.7. The number of methoxy groups -OCH3 is 1. The summed E-state index contributed by atoms with van der Waals surface area (Å²) in [5.41, 5.74) is 2.33. The number of amides is 1. The van der Waals surface area contributed by atoms with Crippen molar-refractivity contribution in [2.24, 2.45) is 0 Å². The van der Waals surface area contributed by atoms with Crippen LogP contribution in [0.5, 0.6) is 17.2 Å².